The summed E-state index contributed by atoms with van der Waals surface area (Å²) in [6.45, 7) is 12.0. The van der Waals surface area contributed by atoms with Crippen LogP contribution in [0.2, 0.25) is 0 Å². The Balaban J connectivity index is 5.12. The molecule has 0 aliphatic carbocycles. The van der Waals surface area contributed by atoms with Gasteiger partial charge in [0.25, 0.3) is 0 Å². The number of rotatable bonds is 79. The van der Waals surface area contributed by atoms with Gasteiger partial charge in [-0.1, -0.05) is 370 Å². The van der Waals surface area contributed by atoms with Gasteiger partial charge in [0, 0.05) is 25.7 Å². The summed E-state index contributed by atoms with van der Waals surface area (Å²) >= 11 is 0. The van der Waals surface area contributed by atoms with Gasteiger partial charge in [-0.25, -0.2) is 9.13 Å². The summed E-state index contributed by atoms with van der Waals surface area (Å²) in [4.78, 5) is 72.7. The number of hydrogen-bond donors (Lipinski definition) is 3. The molecule has 17 nitrogen and oxygen atoms in total. The Morgan fingerprint density at radius 2 is 0.510 bits per heavy atom. The highest BCUT2D eigenvalue weighted by molar-refractivity contribution is 7.47. The molecule has 0 aliphatic heterocycles. The normalized spacial score (nSPS) is 14.2. The fourth-order valence-corrected chi connectivity index (χ4v) is 14.0. The molecule has 3 N–H and O–H groups in total. The average Bonchev–Trinajstić information content (AvgIpc) is 0.931. The Kier molecular flexibility index (Phi) is 69.9. The van der Waals surface area contributed by atoms with Crippen molar-refractivity contribution in [2.75, 3.05) is 39.6 Å². The minimum Gasteiger partial charge on any atom is -0.462 e. The van der Waals surface area contributed by atoms with E-state index in [1.165, 1.54) is 225 Å². The van der Waals surface area contributed by atoms with E-state index in [0.717, 1.165) is 114 Å². The van der Waals surface area contributed by atoms with Crippen LogP contribution in [0.5, 0.6) is 0 Å². The Morgan fingerprint density at radius 3 is 0.760 bits per heavy atom. The fourth-order valence-electron chi connectivity index (χ4n) is 12.5. The first-order valence-corrected chi connectivity index (χ1v) is 44.9. The zero-order valence-electron chi connectivity index (χ0n) is 65.7. The zero-order chi connectivity index (χ0) is 73.7. The van der Waals surface area contributed by atoms with E-state index in [4.69, 9.17) is 37.0 Å². The summed E-state index contributed by atoms with van der Waals surface area (Å²) in [6.07, 6.45) is 60.1. The number of phosphoric ester groups is 2. The molecule has 19 heteroatoms. The van der Waals surface area contributed by atoms with Crippen LogP contribution < -0.4 is 0 Å². The molecule has 0 saturated carbocycles. The predicted octanol–water partition coefficient (Wildman–Crippen LogP) is 24.1. The summed E-state index contributed by atoms with van der Waals surface area (Å²) in [7, 11) is -9.91. The summed E-state index contributed by atoms with van der Waals surface area (Å²) in [5.74, 6) is 0.335. The molecule has 594 valence electrons. The molecule has 0 fully saturated rings. The minimum atomic E-state index is -4.96. The molecule has 0 aliphatic rings. The largest absolute Gasteiger partial charge is 0.472 e. The summed E-state index contributed by atoms with van der Waals surface area (Å²) < 4.78 is 68.5. The number of ether oxygens (including phenoxy) is 4. The van der Waals surface area contributed by atoms with Gasteiger partial charge in [-0.3, -0.25) is 37.3 Å². The average molecular weight is 1470 g/mol. The molecule has 0 amide bonds. The number of unbranched alkanes of at least 4 members (excludes halogenated alkanes) is 46. The smallest absolute Gasteiger partial charge is 0.462 e. The molecular formula is C81H158O17P2. The second kappa shape index (κ2) is 71.3. The van der Waals surface area contributed by atoms with E-state index in [0.29, 0.717) is 25.7 Å². The number of carbonyl (C=O) groups excluding carboxylic acids is 4. The van der Waals surface area contributed by atoms with Gasteiger partial charge in [-0.2, -0.15) is 0 Å². The lowest BCUT2D eigenvalue weighted by Crippen LogP contribution is -2.30. The van der Waals surface area contributed by atoms with E-state index < -0.39 is 97.5 Å². The topological polar surface area (TPSA) is 237 Å². The van der Waals surface area contributed by atoms with Crippen LogP contribution in [-0.4, -0.2) is 96.7 Å². The second-order valence-corrected chi connectivity index (χ2v) is 33.3. The molecule has 6 atom stereocenters. The first-order valence-electron chi connectivity index (χ1n) is 41.9. The molecule has 0 radical (unpaired) electrons. The third kappa shape index (κ3) is 73.0. The van der Waals surface area contributed by atoms with Gasteiger partial charge in [0.05, 0.1) is 26.4 Å². The Bertz CT molecular complexity index is 1940. The molecular weight excluding hydrogens is 1310 g/mol. The lowest BCUT2D eigenvalue weighted by molar-refractivity contribution is -0.161. The van der Waals surface area contributed by atoms with Crippen LogP contribution in [-0.2, 0) is 65.4 Å². The minimum absolute atomic E-state index is 0.106. The van der Waals surface area contributed by atoms with Crippen molar-refractivity contribution >= 4 is 39.5 Å². The molecule has 3 unspecified atom stereocenters. The molecule has 0 heterocycles. The zero-order valence-corrected chi connectivity index (χ0v) is 67.5. The van der Waals surface area contributed by atoms with Crippen molar-refractivity contribution in [1.29, 1.82) is 0 Å². The molecule has 0 aromatic rings. The predicted molar refractivity (Wildman–Crippen MR) is 409 cm³/mol. The quantitative estimate of drug-likeness (QED) is 0.0222. The van der Waals surface area contributed by atoms with E-state index in [2.05, 4.69) is 48.5 Å². The summed E-state index contributed by atoms with van der Waals surface area (Å²) in [5.41, 5.74) is 0. The van der Waals surface area contributed by atoms with Gasteiger partial charge in [0.1, 0.15) is 19.3 Å². The van der Waals surface area contributed by atoms with Crippen molar-refractivity contribution < 1.29 is 80.2 Å². The lowest BCUT2D eigenvalue weighted by Gasteiger charge is -2.21. The van der Waals surface area contributed by atoms with Gasteiger partial charge >= 0.3 is 39.5 Å². The third-order valence-electron chi connectivity index (χ3n) is 19.2. The molecule has 0 spiro atoms. The standard InChI is InChI=1S/C81H158O17P2/c1-8-10-11-45-55-62-78(83)91-68-76(97-80(85)64-58-51-44-38-32-26-20-22-28-34-40-47-53-60-73(5)6)70-95-99(87,88)93-66-75(82)67-94-100(89,90)96-71-77(69-92-79(84)63-56-49-42-36-30-24-19-18-21-27-33-39-46-52-59-72(3)4)98-81(86)65-57-50-43-37-31-25-17-15-13-12-14-16-23-29-35-41-48-54-61-74(7)9-2/h72-77,82H,8-71H2,1-7H3,(H,87,88)(H,89,90)/t74?,75-,76+,77+/m0/s1. The van der Waals surface area contributed by atoms with Crippen LogP contribution >= 0.6 is 15.6 Å². The lowest BCUT2D eigenvalue weighted by atomic mass is 9.99. The first kappa shape index (κ1) is 98.1. The van der Waals surface area contributed by atoms with Crippen molar-refractivity contribution in [1.82, 2.24) is 0 Å². The number of carbonyl (C=O) groups is 4. The van der Waals surface area contributed by atoms with Gasteiger partial charge < -0.3 is 33.8 Å². The maximum absolute atomic E-state index is 13.1. The number of aliphatic hydroxyl groups is 1. The third-order valence-corrected chi connectivity index (χ3v) is 21.1. The highest BCUT2D eigenvalue weighted by Gasteiger charge is 2.30. The second-order valence-electron chi connectivity index (χ2n) is 30.4. The Morgan fingerprint density at radius 1 is 0.290 bits per heavy atom. The SMILES string of the molecule is CCCCCCCC(=O)OC[C@H](COP(=O)(O)OC[C@H](O)COP(=O)(O)OC[C@@H](COC(=O)CCCCCCCCCCCCCCCCC(C)C)OC(=O)CCCCCCCCCCCCCCCCCCCCC(C)CC)OC(=O)CCCCCCCCCCCCCCCC(C)C. The van der Waals surface area contributed by atoms with Crippen LogP contribution in [0, 0.1) is 17.8 Å². The molecule has 0 aromatic carbocycles. The first-order chi connectivity index (χ1) is 48.3. The number of aliphatic hydroxyl groups excluding tert-OH is 1. The van der Waals surface area contributed by atoms with Crippen LogP contribution in [0.25, 0.3) is 0 Å². The highest BCUT2D eigenvalue weighted by atomic mass is 31.2. The number of phosphoric acid groups is 2. The Hall–Kier alpha value is -1.94. The number of esters is 4. The van der Waals surface area contributed by atoms with Crippen molar-refractivity contribution in [2.24, 2.45) is 17.8 Å². The maximum Gasteiger partial charge on any atom is 0.472 e. The van der Waals surface area contributed by atoms with Gasteiger partial charge in [-0.15, -0.1) is 0 Å². The van der Waals surface area contributed by atoms with E-state index in [-0.39, 0.29) is 25.7 Å². The van der Waals surface area contributed by atoms with E-state index >= 15 is 0 Å². The molecule has 0 aromatic heterocycles. The van der Waals surface area contributed by atoms with Crippen molar-refractivity contribution in [3.63, 3.8) is 0 Å². The van der Waals surface area contributed by atoms with Gasteiger partial charge in [-0.05, 0) is 43.4 Å². The van der Waals surface area contributed by atoms with E-state index in [1.807, 2.05) is 0 Å². The fraction of sp³-hybridized carbons (Fsp3) is 0.951. The van der Waals surface area contributed by atoms with Crippen molar-refractivity contribution in [3.05, 3.63) is 0 Å². The van der Waals surface area contributed by atoms with Crippen LogP contribution in [0.3, 0.4) is 0 Å². The van der Waals surface area contributed by atoms with E-state index in [1.54, 1.807) is 0 Å². The van der Waals surface area contributed by atoms with E-state index in [9.17, 15) is 43.2 Å². The van der Waals surface area contributed by atoms with Crippen LogP contribution in [0.15, 0.2) is 0 Å². The summed E-state index contributed by atoms with van der Waals surface area (Å²) in [5, 5.41) is 10.6. The van der Waals surface area contributed by atoms with Crippen LogP contribution in [0.4, 0.5) is 0 Å². The summed E-state index contributed by atoms with van der Waals surface area (Å²) in [6, 6.07) is 0. The molecule has 0 saturated heterocycles. The van der Waals surface area contributed by atoms with Gasteiger partial charge in [0.15, 0.2) is 12.2 Å². The maximum atomic E-state index is 13.1. The Labute approximate surface area is 613 Å². The molecule has 0 rings (SSSR count). The van der Waals surface area contributed by atoms with Crippen LogP contribution in [0.1, 0.15) is 421 Å². The highest BCUT2D eigenvalue weighted by Crippen LogP contribution is 2.45. The van der Waals surface area contributed by atoms with Crippen molar-refractivity contribution in [2.45, 2.75) is 439 Å². The monoisotopic (exact) mass is 1470 g/mol. The molecule has 0 bridgehead atoms. The van der Waals surface area contributed by atoms with Crippen molar-refractivity contribution in [3.8, 4) is 0 Å². The molecule has 100 heavy (non-hydrogen) atoms. The number of hydrogen-bond acceptors (Lipinski definition) is 15. The van der Waals surface area contributed by atoms with Gasteiger partial charge in [0.2, 0.25) is 0 Å².